The first-order valence-electron chi connectivity index (χ1n) is 13.7. The van der Waals surface area contributed by atoms with Gasteiger partial charge < -0.3 is 10.1 Å². The summed E-state index contributed by atoms with van der Waals surface area (Å²) in [6.45, 7) is 7.41. The molecule has 0 saturated carbocycles. The largest absolute Gasteiger partial charge is 0.466 e. The summed E-state index contributed by atoms with van der Waals surface area (Å²) in [5.41, 5.74) is 0. The first kappa shape index (κ1) is 29.4. The molecule has 0 aromatic carbocycles. The van der Waals surface area contributed by atoms with E-state index in [1.165, 1.54) is 116 Å². The van der Waals surface area contributed by atoms with Crippen molar-refractivity contribution in [3.8, 4) is 0 Å². The Morgan fingerprint density at radius 1 is 0.533 bits per heavy atom. The monoisotopic (exact) mass is 425 g/mol. The Labute approximate surface area is 189 Å². The van der Waals surface area contributed by atoms with Crippen molar-refractivity contribution in [2.24, 2.45) is 0 Å². The quantitative estimate of drug-likeness (QED) is 0.118. The van der Waals surface area contributed by atoms with Gasteiger partial charge in [-0.3, -0.25) is 4.79 Å². The summed E-state index contributed by atoms with van der Waals surface area (Å²) < 4.78 is 5.30. The molecule has 3 heteroatoms. The van der Waals surface area contributed by atoms with Crippen molar-refractivity contribution in [2.45, 2.75) is 149 Å². The lowest BCUT2D eigenvalue weighted by Gasteiger charge is -2.06. The van der Waals surface area contributed by atoms with Gasteiger partial charge in [0.25, 0.3) is 0 Å². The van der Waals surface area contributed by atoms with Crippen molar-refractivity contribution in [1.29, 1.82) is 0 Å². The second kappa shape index (κ2) is 26.5. The van der Waals surface area contributed by atoms with Crippen LogP contribution < -0.4 is 5.32 Å². The number of carbonyl (C=O) groups is 1. The van der Waals surface area contributed by atoms with Gasteiger partial charge in [-0.25, -0.2) is 0 Å². The van der Waals surface area contributed by atoms with Crippen LogP contribution in [0.4, 0.5) is 0 Å². The summed E-state index contributed by atoms with van der Waals surface area (Å²) in [5, 5.41) is 3.57. The fourth-order valence-electron chi connectivity index (χ4n) is 3.88. The van der Waals surface area contributed by atoms with Crippen LogP contribution in [0.2, 0.25) is 0 Å². The van der Waals surface area contributed by atoms with Crippen molar-refractivity contribution in [2.75, 3.05) is 19.7 Å². The molecule has 0 aromatic heterocycles. The molecule has 0 aromatic rings. The van der Waals surface area contributed by atoms with Gasteiger partial charge in [0.05, 0.1) is 6.61 Å². The number of nitrogens with one attached hydrogen (secondary N) is 1. The minimum absolute atomic E-state index is 0.000101. The highest BCUT2D eigenvalue weighted by atomic mass is 16.5. The molecule has 0 heterocycles. The van der Waals surface area contributed by atoms with E-state index in [4.69, 9.17) is 4.74 Å². The Bertz CT molecular complexity index is 333. The summed E-state index contributed by atoms with van der Waals surface area (Å²) in [6.07, 6.45) is 26.7. The van der Waals surface area contributed by atoms with Crippen molar-refractivity contribution >= 4 is 5.97 Å². The van der Waals surface area contributed by atoms with Crippen LogP contribution in [0.15, 0.2) is 0 Å². The summed E-state index contributed by atoms with van der Waals surface area (Å²) >= 11 is 0. The molecule has 0 amide bonds. The van der Waals surface area contributed by atoms with Crippen molar-refractivity contribution in [3.63, 3.8) is 0 Å². The van der Waals surface area contributed by atoms with E-state index in [1.54, 1.807) is 0 Å². The lowest BCUT2D eigenvalue weighted by molar-refractivity contribution is -0.143. The molecule has 0 saturated heterocycles. The van der Waals surface area contributed by atoms with Gasteiger partial charge in [-0.1, -0.05) is 117 Å². The second-order valence-corrected chi connectivity index (χ2v) is 9.08. The molecular weight excluding hydrogens is 370 g/mol. The van der Waals surface area contributed by atoms with E-state index in [2.05, 4.69) is 19.2 Å². The first-order valence-corrected chi connectivity index (χ1v) is 13.7. The van der Waals surface area contributed by atoms with E-state index < -0.39 is 0 Å². The minimum Gasteiger partial charge on any atom is -0.466 e. The van der Waals surface area contributed by atoms with E-state index in [1.807, 2.05) is 0 Å². The maximum absolute atomic E-state index is 11.7. The normalized spacial score (nSPS) is 11.1. The molecule has 0 aliphatic rings. The molecule has 0 radical (unpaired) electrons. The summed E-state index contributed by atoms with van der Waals surface area (Å²) in [4.78, 5) is 11.7. The van der Waals surface area contributed by atoms with Crippen LogP contribution in [-0.4, -0.2) is 25.7 Å². The first-order chi connectivity index (χ1) is 14.8. The number of ether oxygens (including phenoxy) is 1. The van der Waals surface area contributed by atoms with E-state index in [9.17, 15) is 4.79 Å². The molecule has 0 fully saturated rings. The Kier molecular flexibility index (Phi) is 26.0. The Hall–Kier alpha value is -0.570. The fourth-order valence-corrected chi connectivity index (χ4v) is 3.88. The molecule has 0 bridgehead atoms. The summed E-state index contributed by atoms with van der Waals surface area (Å²) in [5.74, 6) is 0.000101. The van der Waals surface area contributed by atoms with Crippen LogP contribution in [0, 0.1) is 0 Å². The lowest BCUT2D eigenvalue weighted by atomic mass is 10.1. The molecular formula is C27H55NO2. The standard InChI is InChI=1S/C27H55NO2/c1-3-5-7-9-10-11-12-13-14-16-20-24-28-25-21-17-15-19-23-27(29)30-26-22-18-8-6-4-2/h28H,3-26H2,1-2H3. The Balaban J connectivity index is 3.10. The van der Waals surface area contributed by atoms with Gasteiger partial charge in [0, 0.05) is 6.42 Å². The second-order valence-electron chi connectivity index (χ2n) is 9.08. The molecule has 0 aliphatic carbocycles. The SMILES string of the molecule is CCCCCCCCCCCCCNCCCCCCC(=O)OCCCCCCC. The third-order valence-electron chi connectivity index (χ3n) is 5.95. The van der Waals surface area contributed by atoms with Crippen molar-refractivity contribution in [1.82, 2.24) is 5.32 Å². The number of carbonyl (C=O) groups excluding carboxylic acids is 1. The lowest BCUT2D eigenvalue weighted by Crippen LogP contribution is -2.16. The molecule has 0 rings (SSSR count). The number of esters is 1. The molecule has 1 N–H and O–H groups in total. The molecule has 180 valence electrons. The van der Waals surface area contributed by atoms with Crippen molar-refractivity contribution < 1.29 is 9.53 Å². The van der Waals surface area contributed by atoms with Crippen LogP contribution in [0.25, 0.3) is 0 Å². The van der Waals surface area contributed by atoms with E-state index in [0.717, 1.165) is 25.8 Å². The van der Waals surface area contributed by atoms with Gasteiger partial charge in [0.2, 0.25) is 0 Å². The molecule has 0 aliphatic heterocycles. The van der Waals surface area contributed by atoms with Crippen molar-refractivity contribution in [3.05, 3.63) is 0 Å². The van der Waals surface area contributed by atoms with Crippen LogP contribution in [0.3, 0.4) is 0 Å². The molecule has 0 atom stereocenters. The number of rotatable bonds is 25. The van der Waals surface area contributed by atoms with Gasteiger partial charge in [-0.2, -0.15) is 0 Å². The zero-order valence-corrected chi connectivity index (χ0v) is 20.8. The summed E-state index contributed by atoms with van der Waals surface area (Å²) in [6, 6.07) is 0. The predicted octanol–water partition coefficient (Wildman–Crippen LogP) is 8.35. The maximum Gasteiger partial charge on any atom is 0.305 e. The predicted molar refractivity (Wildman–Crippen MR) is 132 cm³/mol. The third-order valence-corrected chi connectivity index (χ3v) is 5.95. The van der Waals surface area contributed by atoms with Crippen LogP contribution in [0.5, 0.6) is 0 Å². The van der Waals surface area contributed by atoms with Gasteiger partial charge in [0.1, 0.15) is 0 Å². The fraction of sp³-hybridized carbons (Fsp3) is 0.963. The average molecular weight is 426 g/mol. The number of hydrogen-bond acceptors (Lipinski definition) is 3. The molecule has 0 unspecified atom stereocenters. The number of unbranched alkanes of at least 4 members (excludes halogenated alkanes) is 17. The minimum atomic E-state index is 0.000101. The smallest absolute Gasteiger partial charge is 0.305 e. The van der Waals surface area contributed by atoms with Gasteiger partial charge in [-0.05, 0) is 38.8 Å². The number of hydrogen-bond donors (Lipinski definition) is 1. The van der Waals surface area contributed by atoms with Gasteiger partial charge in [0.15, 0.2) is 0 Å². The topological polar surface area (TPSA) is 38.3 Å². The average Bonchev–Trinajstić information content (AvgIpc) is 2.75. The molecule has 0 spiro atoms. The third kappa shape index (κ3) is 25.5. The zero-order chi connectivity index (χ0) is 22.0. The van der Waals surface area contributed by atoms with E-state index in [-0.39, 0.29) is 5.97 Å². The van der Waals surface area contributed by atoms with Gasteiger partial charge >= 0.3 is 5.97 Å². The highest BCUT2D eigenvalue weighted by molar-refractivity contribution is 5.69. The summed E-state index contributed by atoms with van der Waals surface area (Å²) in [7, 11) is 0. The zero-order valence-electron chi connectivity index (χ0n) is 20.8. The van der Waals surface area contributed by atoms with Gasteiger partial charge in [-0.15, -0.1) is 0 Å². The Morgan fingerprint density at radius 2 is 0.933 bits per heavy atom. The highest BCUT2D eigenvalue weighted by Crippen LogP contribution is 2.11. The Morgan fingerprint density at radius 3 is 1.43 bits per heavy atom. The highest BCUT2D eigenvalue weighted by Gasteiger charge is 2.02. The maximum atomic E-state index is 11.7. The van der Waals surface area contributed by atoms with Crippen LogP contribution in [-0.2, 0) is 9.53 Å². The van der Waals surface area contributed by atoms with E-state index in [0.29, 0.717) is 13.0 Å². The van der Waals surface area contributed by atoms with Crippen LogP contribution in [0.1, 0.15) is 149 Å². The molecule has 30 heavy (non-hydrogen) atoms. The molecule has 3 nitrogen and oxygen atoms in total. The van der Waals surface area contributed by atoms with Crippen LogP contribution >= 0.6 is 0 Å². The van der Waals surface area contributed by atoms with E-state index >= 15 is 0 Å².